The van der Waals surface area contributed by atoms with Crippen molar-refractivity contribution in [2.45, 2.75) is 19.9 Å². The van der Waals surface area contributed by atoms with Crippen molar-refractivity contribution in [1.29, 1.82) is 0 Å². The van der Waals surface area contributed by atoms with Crippen LogP contribution in [0.4, 0.5) is 5.82 Å². The first-order valence-electron chi connectivity index (χ1n) is 7.22. The second-order valence-electron chi connectivity index (χ2n) is 5.19. The zero-order valence-electron chi connectivity index (χ0n) is 13.1. The highest BCUT2D eigenvalue weighted by atomic mass is 16.5. The molecule has 23 heavy (non-hydrogen) atoms. The molecule has 7 heteroatoms. The molecule has 2 heterocycles. The van der Waals surface area contributed by atoms with Crippen LogP contribution < -0.4 is 5.32 Å². The second kappa shape index (κ2) is 6.04. The number of fused-ring (bicyclic) bond motifs is 1. The molecule has 3 rings (SSSR count). The first-order chi connectivity index (χ1) is 11.1. The number of aryl methyl sites for hydroxylation is 1. The summed E-state index contributed by atoms with van der Waals surface area (Å²) in [6, 6.07) is 11.0. The highest BCUT2D eigenvalue weighted by Gasteiger charge is 2.17. The average Bonchev–Trinajstić information content (AvgIpc) is 2.98. The summed E-state index contributed by atoms with van der Waals surface area (Å²) in [5.74, 6) is 1.34. The summed E-state index contributed by atoms with van der Waals surface area (Å²) in [5.41, 5.74) is 1.69. The number of nitrogens with one attached hydrogen (secondary N) is 1. The summed E-state index contributed by atoms with van der Waals surface area (Å²) in [6.07, 6.45) is 0. The molecule has 0 aliphatic heterocycles. The fraction of sp³-hybridized carbons (Fsp3) is 0.250. The highest BCUT2D eigenvalue weighted by Crippen LogP contribution is 2.18. The number of hydrogen-bond acceptors (Lipinski definition) is 6. The molecule has 118 valence electrons. The predicted molar refractivity (Wildman–Crippen MR) is 86.1 cm³/mol. The van der Waals surface area contributed by atoms with Crippen molar-refractivity contribution in [2.24, 2.45) is 0 Å². The highest BCUT2D eigenvalue weighted by molar-refractivity contribution is 5.78. The predicted octanol–water partition coefficient (Wildman–Crippen LogP) is 2.07. The van der Waals surface area contributed by atoms with Gasteiger partial charge in [-0.3, -0.25) is 0 Å². The molecule has 0 radical (unpaired) electrons. The molecular weight excluding hydrogens is 294 g/mol. The van der Waals surface area contributed by atoms with Gasteiger partial charge in [0.05, 0.1) is 7.11 Å². The minimum absolute atomic E-state index is 0.351. The van der Waals surface area contributed by atoms with Gasteiger partial charge >= 0.3 is 5.97 Å². The summed E-state index contributed by atoms with van der Waals surface area (Å²) >= 11 is 0. The Hall–Kier alpha value is -2.96. The summed E-state index contributed by atoms with van der Waals surface area (Å²) in [5, 5.41) is 7.58. The molecule has 7 nitrogen and oxygen atoms in total. The molecule has 1 atom stereocenters. The van der Waals surface area contributed by atoms with Gasteiger partial charge in [-0.25, -0.2) is 9.78 Å². The van der Waals surface area contributed by atoms with E-state index in [1.165, 1.54) is 7.11 Å². The van der Waals surface area contributed by atoms with Gasteiger partial charge in [0, 0.05) is 17.3 Å². The van der Waals surface area contributed by atoms with Crippen molar-refractivity contribution in [3.05, 3.63) is 42.1 Å². The second-order valence-corrected chi connectivity index (χ2v) is 5.19. The van der Waals surface area contributed by atoms with Crippen LogP contribution in [0.15, 0.2) is 36.4 Å². The summed E-state index contributed by atoms with van der Waals surface area (Å²) < 4.78 is 6.33. The van der Waals surface area contributed by atoms with E-state index in [-0.39, 0.29) is 5.97 Å². The van der Waals surface area contributed by atoms with E-state index in [0.29, 0.717) is 17.4 Å². The van der Waals surface area contributed by atoms with Crippen molar-refractivity contribution in [1.82, 2.24) is 19.6 Å². The number of anilines is 1. The first-order valence-corrected chi connectivity index (χ1v) is 7.22. The molecular formula is C16H17N5O2. The standard InChI is InChI=1S/C16H17N5O2/c1-10-9-13(18-11(2)15(22)23-3)21-16(17-10)19-14(20-21)12-7-5-4-6-8-12/h4-9,11,18H,1-3H3/t11-/m1/s1. The Balaban J connectivity index is 2.04. The molecule has 0 saturated heterocycles. The van der Waals surface area contributed by atoms with E-state index in [1.54, 1.807) is 11.4 Å². The Kier molecular flexibility index (Phi) is 3.92. The van der Waals surface area contributed by atoms with E-state index in [1.807, 2.05) is 43.3 Å². The van der Waals surface area contributed by atoms with Gasteiger partial charge in [-0.15, -0.1) is 5.10 Å². The molecule has 0 fully saturated rings. The smallest absolute Gasteiger partial charge is 0.328 e. The normalized spacial score (nSPS) is 12.1. The lowest BCUT2D eigenvalue weighted by molar-refractivity contribution is -0.141. The molecule has 0 aliphatic rings. The van der Waals surface area contributed by atoms with Crippen LogP contribution in [0.1, 0.15) is 12.6 Å². The Morgan fingerprint density at radius 1 is 1.26 bits per heavy atom. The van der Waals surface area contributed by atoms with Gasteiger partial charge in [-0.05, 0) is 13.8 Å². The quantitative estimate of drug-likeness (QED) is 0.743. The fourth-order valence-electron chi connectivity index (χ4n) is 2.26. The monoisotopic (exact) mass is 311 g/mol. The summed E-state index contributed by atoms with van der Waals surface area (Å²) in [4.78, 5) is 20.5. The van der Waals surface area contributed by atoms with Gasteiger partial charge in [0.15, 0.2) is 5.82 Å². The molecule has 0 bridgehead atoms. The van der Waals surface area contributed by atoms with Crippen molar-refractivity contribution < 1.29 is 9.53 Å². The minimum Gasteiger partial charge on any atom is -0.467 e. The number of nitrogens with zero attached hydrogens (tertiary/aromatic N) is 4. The number of benzene rings is 1. The lowest BCUT2D eigenvalue weighted by Gasteiger charge is -2.13. The van der Waals surface area contributed by atoms with Crippen LogP contribution in [0.5, 0.6) is 0 Å². The Bertz CT molecular complexity index is 844. The minimum atomic E-state index is -0.505. The molecule has 0 saturated carbocycles. The van der Waals surface area contributed by atoms with Gasteiger partial charge in [-0.2, -0.15) is 9.50 Å². The zero-order chi connectivity index (χ0) is 16.4. The van der Waals surface area contributed by atoms with Crippen LogP contribution in [0.2, 0.25) is 0 Å². The van der Waals surface area contributed by atoms with Gasteiger partial charge < -0.3 is 10.1 Å². The van der Waals surface area contributed by atoms with Crippen LogP contribution in [-0.4, -0.2) is 38.7 Å². The third-order valence-electron chi connectivity index (χ3n) is 3.39. The third-order valence-corrected chi connectivity index (χ3v) is 3.39. The maximum atomic E-state index is 11.6. The van der Waals surface area contributed by atoms with Crippen molar-refractivity contribution >= 4 is 17.6 Å². The number of aromatic nitrogens is 4. The van der Waals surface area contributed by atoms with E-state index >= 15 is 0 Å². The maximum absolute atomic E-state index is 11.6. The Morgan fingerprint density at radius 2 is 2.00 bits per heavy atom. The number of rotatable bonds is 4. The van der Waals surface area contributed by atoms with Crippen LogP contribution in [0.25, 0.3) is 17.2 Å². The van der Waals surface area contributed by atoms with Crippen LogP contribution >= 0.6 is 0 Å². The number of hydrogen-bond donors (Lipinski definition) is 1. The van der Waals surface area contributed by atoms with E-state index < -0.39 is 6.04 Å². The number of ether oxygens (including phenoxy) is 1. The van der Waals surface area contributed by atoms with Crippen LogP contribution in [0, 0.1) is 6.92 Å². The van der Waals surface area contributed by atoms with Gasteiger partial charge in [0.25, 0.3) is 5.78 Å². The van der Waals surface area contributed by atoms with Crippen molar-refractivity contribution in [3.8, 4) is 11.4 Å². The molecule has 3 aromatic rings. The molecule has 0 unspecified atom stereocenters. The average molecular weight is 311 g/mol. The fourth-order valence-corrected chi connectivity index (χ4v) is 2.26. The topological polar surface area (TPSA) is 81.4 Å². The third kappa shape index (κ3) is 2.98. The number of methoxy groups -OCH3 is 1. The number of esters is 1. The first kappa shape index (κ1) is 15.0. The van der Waals surface area contributed by atoms with E-state index in [2.05, 4.69) is 20.4 Å². The number of carbonyl (C=O) groups is 1. The summed E-state index contributed by atoms with van der Waals surface area (Å²) in [6.45, 7) is 3.59. The maximum Gasteiger partial charge on any atom is 0.328 e. The van der Waals surface area contributed by atoms with Crippen molar-refractivity contribution in [3.63, 3.8) is 0 Å². The molecule has 0 spiro atoms. The Morgan fingerprint density at radius 3 is 2.70 bits per heavy atom. The molecule has 1 N–H and O–H groups in total. The lowest BCUT2D eigenvalue weighted by Crippen LogP contribution is -2.28. The number of carbonyl (C=O) groups excluding carboxylic acids is 1. The molecule has 2 aromatic heterocycles. The SMILES string of the molecule is COC(=O)[C@@H](C)Nc1cc(C)nc2nc(-c3ccccc3)nn12. The molecule has 0 amide bonds. The van der Waals surface area contributed by atoms with E-state index in [0.717, 1.165) is 11.3 Å². The largest absolute Gasteiger partial charge is 0.467 e. The van der Waals surface area contributed by atoms with Crippen LogP contribution in [-0.2, 0) is 9.53 Å². The van der Waals surface area contributed by atoms with Crippen LogP contribution in [0.3, 0.4) is 0 Å². The van der Waals surface area contributed by atoms with E-state index in [4.69, 9.17) is 4.74 Å². The Labute approximate surface area is 133 Å². The molecule has 0 aliphatic carbocycles. The van der Waals surface area contributed by atoms with Gasteiger partial charge in [0.1, 0.15) is 11.9 Å². The van der Waals surface area contributed by atoms with Gasteiger partial charge in [-0.1, -0.05) is 30.3 Å². The summed E-state index contributed by atoms with van der Waals surface area (Å²) in [7, 11) is 1.36. The zero-order valence-corrected chi connectivity index (χ0v) is 13.1. The molecule has 1 aromatic carbocycles. The van der Waals surface area contributed by atoms with E-state index in [9.17, 15) is 4.79 Å². The lowest BCUT2D eigenvalue weighted by atomic mass is 10.2. The van der Waals surface area contributed by atoms with Crippen molar-refractivity contribution in [2.75, 3.05) is 12.4 Å². The van der Waals surface area contributed by atoms with Gasteiger partial charge in [0.2, 0.25) is 0 Å².